The predicted molar refractivity (Wildman–Crippen MR) is 74.4 cm³/mol. The lowest BCUT2D eigenvalue weighted by molar-refractivity contribution is 0.183. The van der Waals surface area contributed by atoms with E-state index in [1.54, 1.807) is 0 Å². The van der Waals surface area contributed by atoms with Gasteiger partial charge in [0.05, 0.1) is 0 Å². The van der Waals surface area contributed by atoms with Crippen LogP contribution in [-0.2, 0) is 0 Å². The number of rotatable bonds is 7. The minimum Gasteiger partial charge on any atom is -0.311 e. The third-order valence-corrected chi connectivity index (χ3v) is 4.35. The first-order valence-electron chi connectivity index (χ1n) is 7.79. The van der Waals surface area contributed by atoms with Crippen LogP contribution in [0.1, 0.15) is 65.2 Å². The van der Waals surface area contributed by atoms with Crippen molar-refractivity contribution in [1.29, 1.82) is 0 Å². The molecule has 1 saturated heterocycles. The highest BCUT2D eigenvalue weighted by Crippen LogP contribution is 2.29. The fourth-order valence-corrected chi connectivity index (χ4v) is 3.06. The molecule has 1 aliphatic carbocycles. The van der Waals surface area contributed by atoms with Crippen LogP contribution in [0.15, 0.2) is 0 Å². The van der Waals surface area contributed by atoms with E-state index in [4.69, 9.17) is 0 Å². The van der Waals surface area contributed by atoms with Crippen molar-refractivity contribution in [2.75, 3.05) is 13.1 Å². The van der Waals surface area contributed by atoms with E-state index in [-0.39, 0.29) is 0 Å². The van der Waals surface area contributed by atoms with E-state index in [2.05, 4.69) is 24.1 Å². The van der Waals surface area contributed by atoms with Gasteiger partial charge in [0.2, 0.25) is 0 Å². The summed E-state index contributed by atoms with van der Waals surface area (Å²) >= 11 is 0. The highest BCUT2D eigenvalue weighted by Gasteiger charge is 2.31. The molecule has 0 amide bonds. The van der Waals surface area contributed by atoms with Crippen molar-refractivity contribution in [1.82, 2.24) is 10.2 Å². The SMILES string of the molecule is CCCCCC(C)NC1CCN(C2CC2)CC1. The summed E-state index contributed by atoms with van der Waals surface area (Å²) in [6.45, 7) is 7.32. The monoisotopic (exact) mass is 238 g/mol. The van der Waals surface area contributed by atoms with Crippen molar-refractivity contribution in [3.8, 4) is 0 Å². The Bertz CT molecular complexity index is 205. The molecule has 0 aromatic carbocycles. The zero-order chi connectivity index (χ0) is 12.1. The molecule has 0 radical (unpaired) electrons. The molecule has 1 saturated carbocycles. The lowest BCUT2D eigenvalue weighted by Crippen LogP contribution is -2.46. The van der Waals surface area contributed by atoms with Gasteiger partial charge in [0.15, 0.2) is 0 Å². The van der Waals surface area contributed by atoms with Crippen LogP contribution >= 0.6 is 0 Å². The number of nitrogens with one attached hydrogen (secondary N) is 1. The summed E-state index contributed by atoms with van der Waals surface area (Å²) < 4.78 is 0. The van der Waals surface area contributed by atoms with Crippen LogP contribution < -0.4 is 5.32 Å². The second kappa shape index (κ2) is 6.75. The summed E-state index contributed by atoms with van der Waals surface area (Å²) in [4.78, 5) is 2.71. The molecule has 2 aliphatic rings. The average Bonchev–Trinajstić information content (AvgIpc) is 3.14. The molecule has 0 bridgehead atoms. The summed E-state index contributed by atoms with van der Waals surface area (Å²) in [5.74, 6) is 0. The second-order valence-corrected chi connectivity index (χ2v) is 6.10. The molecule has 2 heteroatoms. The standard InChI is InChI=1S/C15H30N2/c1-3-4-5-6-13(2)16-14-9-11-17(12-10-14)15-7-8-15/h13-16H,3-12H2,1-2H3. The van der Waals surface area contributed by atoms with Gasteiger partial charge in [-0.2, -0.15) is 0 Å². The van der Waals surface area contributed by atoms with Crippen LogP contribution in [0.25, 0.3) is 0 Å². The molecule has 0 aromatic heterocycles. The summed E-state index contributed by atoms with van der Waals surface area (Å²) in [5, 5.41) is 3.83. The predicted octanol–water partition coefficient (Wildman–Crippen LogP) is 3.17. The third kappa shape index (κ3) is 4.59. The number of unbranched alkanes of at least 4 members (excludes halogenated alkanes) is 2. The number of nitrogens with zero attached hydrogens (tertiary/aromatic N) is 1. The molecule has 2 nitrogen and oxygen atoms in total. The largest absolute Gasteiger partial charge is 0.311 e. The van der Waals surface area contributed by atoms with E-state index in [9.17, 15) is 0 Å². The first-order chi connectivity index (χ1) is 8.29. The summed E-state index contributed by atoms with van der Waals surface area (Å²) in [5.41, 5.74) is 0. The Morgan fingerprint density at radius 2 is 1.82 bits per heavy atom. The first-order valence-corrected chi connectivity index (χ1v) is 7.79. The maximum atomic E-state index is 3.83. The number of hydrogen-bond acceptors (Lipinski definition) is 2. The molecule has 0 aromatic rings. The summed E-state index contributed by atoms with van der Waals surface area (Å²) in [6, 6.07) is 2.48. The summed E-state index contributed by atoms with van der Waals surface area (Å²) in [7, 11) is 0. The van der Waals surface area contributed by atoms with Gasteiger partial charge in [-0.1, -0.05) is 26.2 Å². The molecule has 100 valence electrons. The van der Waals surface area contributed by atoms with Crippen molar-refractivity contribution in [2.45, 2.75) is 83.3 Å². The van der Waals surface area contributed by atoms with Crippen LogP contribution in [0.4, 0.5) is 0 Å². The van der Waals surface area contributed by atoms with Gasteiger partial charge in [-0.05, 0) is 52.1 Å². The molecule has 0 spiro atoms. The van der Waals surface area contributed by atoms with Crippen LogP contribution in [-0.4, -0.2) is 36.1 Å². The Kier molecular flexibility index (Phi) is 5.30. The maximum absolute atomic E-state index is 3.83. The first kappa shape index (κ1) is 13.4. The van der Waals surface area contributed by atoms with Crippen molar-refractivity contribution in [3.05, 3.63) is 0 Å². The van der Waals surface area contributed by atoms with Crippen molar-refractivity contribution < 1.29 is 0 Å². The Labute approximate surface area is 107 Å². The molecule has 2 fully saturated rings. The third-order valence-electron chi connectivity index (χ3n) is 4.35. The van der Waals surface area contributed by atoms with Crippen LogP contribution in [0, 0.1) is 0 Å². The van der Waals surface area contributed by atoms with Crippen LogP contribution in [0.2, 0.25) is 0 Å². The molecule has 2 rings (SSSR count). The number of likely N-dealkylation sites (tertiary alicyclic amines) is 1. The number of piperidine rings is 1. The van der Waals surface area contributed by atoms with Crippen molar-refractivity contribution in [3.63, 3.8) is 0 Å². The molecule has 1 heterocycles. The molecule has 1 atom stereocenters. The number of hydrogen-bond donors (Lipinski definition) is 1. The van der Waals surface area contributed by atoms with Gasteiger partial charge in [-0.3, -0.25) is 0 Å². The van der Waals surface area contributed by atoms with Gasteiger partial charge >= 0.3 is 0 Å². The zero-order valence-electron chi connectivity index (χ0n) is 11.8. The molecular weight excluding hydrogens is 208 g/mol. The normalized spacial score (nSPS) is 25.1. The van der Waals surface area contributed by atoms with Crippen LogP contribution in [0.5, 0.6) is 0 Å². The van der Waals surface area contributed by atoms with E-state index in [0.717, 1.165) is 18.1 Å². The van der Waals surface area contributed by atoms with E-state index in [1.165, 1.54) is 64.5 Å². The maximum Gasteiger partial charge on any atom is 0.00964 e. The molecule has 1 unspecified atom stereocenters. The average molecular weight is 238 g/mol. The van der Waals surface area contributed by atoms with E-state index in [0.29, 0.717) is 0 Å². The summed E-state index contributed by atoms with van der Waals surface area (Å²) in [6.07, 6.45) is 11.2. The minimum absolute atomic E-state index is 0.721. The van der Waals surface area contributed by atoms with Crippen molar-refractivity contribution >= 4 is 0 Å². The Morgan fingerprint density at radius 1 is 1.12 bits per heavy atom. The fraction of sp³-hybridized carbons (Fsp3) is 1.00. The molecule has 17 heavy (non-hydrogen) atoms. The Hall–Kier alpha value is -0.0800. The Balaban J connectivity index is 1.56. The van der Waals surface area contributed by atoms with E-state index < -0.39 is 0 Å². The van der Waals surface area contributed by atoms with Crippen molar-refractivity contribution in [2.24, 2.45) is 0 Å². The zero-order valence-corrected chi connectivity index (χ0v) is 11.8. The Morgan fingerprint density at radius 3 is 2.41 bits per heavy atom. The quantitative estimate of drug-likeness (QED) is 0.685. The van der Waals surface area contributed by atoms with Gasteiger partial charge < -0.3 is 10.2 Å². The molecule has 1 N–H and O–H groups in total. The topological polar surface area (TPSA) is 15.3 Å². The van der Waals surface area contributed by atoms with Gasteiger partial charge in [-0.25, -0.2) is 0 Å². The minimum atomic E-state index is 0.721. The highest BCUT2D eigenvalue weighted by atomic mass is 15.2. The van der Waals surface area contributed by atoms with Gasteiger partial charge in [0, 0.05) is 18.1 Å². The van der Waals surface area contributed by atoms with Crippen LogP contribution in [0.3, 0.4) is 0 Å². The van der Waals surface area contributed by atoms with E-state index >= 15 is 0 Å². The van der Waals surface area contributed by atoms with Gasteiger partial charge in [-0.15, -0.1) is 0 Å². The lowest BCUT2D eigenvalue weighted by Gasteiger charge is -2.34. The highest BCUT2D eigenvalue weighted by molar-refractivity contribution is 4.89. The smallest absolute Gasteiger partial charge is 0.00964 e. The van der Waals surface area contributed by atoms with Gasteiger partial charge in [0.25, 0.3) is 0 Å². The van der Waals surface area contributed by atoms with E-state index in [1.807, 2.05) is 0 Å². The molecular formula is C15H30N2. The van der Waals surface area contributed by atoms with Gasteiger partial charge in [0.1, 0.15) is 0 Å². The molecule has 1 aliphatic heterocycles. The lowest BCUT2D eigenvalue weighted by atomic mass is 10.0. The fourth-order valence-electron chi connectivity index (χ4n) is 3.06. The second-order valence-electron chi connectivity index (χ2n) is 6.10.